The molecule has 4 nitrogen and oxygen atoms in total. The molecule has 108 valence electrons. The molecule has 1 aromatic heterocycles. The van der Waals surface area contributed by atoms with Gasteiger partial charge in [0.15, 0.2) is 5.16 Å². The van der Waals surface area contributed by atoms with Crippen LogP contribution in [0.1, 0.15) is 6.92 Å². The lowest BCUT2D eigenvalue weighted by Gasteiger charge is -2.15. The number of ether oxygens (including phenoxy) is 1. The molecule has 0 aliphatic carbocycles. The van der Waals surface area contributed by atoms with Crippen molar-refractivity contribution in [2.24, 2.45) is 0 Å². The van der Waals surface area contributed by atoms with Crippen LogP contribution in [0.25, 0.3) is 5.69 Å². The first-order valence-electron chi connectivity index (χ1n) is 5.69. The highest BCUT2D eigenvalue weighted by molar-refractivity contribution is 7.99. The van der Waals surface area contributed by atoms with Gasteiger partial charge in [0.05, 0.1) is 12.8 Å². The zero-order valence-corrected chi connectivity index (χ0v) is 11.6. The molecule has 0 saturated carbocycles. The van der Waals surface area contributed by atoms with E-state index in [0.29, 0.717) is 23.2 Å². The van der Waals surface area contributed by atoms with Crippen LogP contribution in [-0.2, 0) is 0 Å². The number of rotatable bonds is 4. The highest BCUT2D eigenvalue weighted by atomic mass is 32.2. The summed E-state index contributed by atoms with van der Waals surface area (Å²) in [6.07, 6.45) is -2.91. The van der Waals surface area contributed by atoms with E-state index >= 15 is 0 Å². The van der Waals surface area contributed by atoms with Crippen LogP contribution in [0, 0.1) is 0 Å². The Balaban J connectivity index is 2.28. The second-order valence-corrected chi connectivity index (χ2v) is 5.29. The molecule has 0 N–H and O–H groups in total. The van der Waals surface area contributed by atoms with Gasteiger partial charge in [-0.15, -0.1) is 10.2 Å². The Kier molecular flexibility index (Phi) is 4.22. The molecule has 1 heterocycles. The van der Waals surface area contributed by atoms with E-state index in [2.05, 4.69) is 10.2 Å². The summed E-state index contributed by atoms with van der Waals surface area (Å²) < 4.78 is 44.4. The van der Waals surface area contributed by atoms with Crippen molar-refractivity contribution in [3.63, 3.8) is 0 Å². The van der Waals surface area contributed by atoms with Crippen LogP contribution in [-0.4, -0.2) is 33.3 Å². The fourth-order valence-electron chi connectivity index (χ4n) is 1.47. The van der Waals surface area contributed by atoms with E-state index in [4.69, 9.17) is 4.74 Å². The molecule has 0 unspecified atom stereocenters. The summed E-state index contributed by atoms with van der Waals surface area (Å²) in [5.74, 6) is 0.607. The quantitative estimate of drug-likeness (QED) is 0.812. The molecule has 0 radical (unpaired) electrons. The highest BCUT2D eigenvalue weighted by Crippen LogP contribution is 2.34. The Bertz CT molecular complexity index is 585. The topological polar surface area (TPSA) is 39.9 Å². The average molecular weight is 303 g/mol. The van der Waals surface area contributed by atoms with E-state index in [-0.39, 0.29) is 5.16 Å². The molecule has 0 saturated heterocycles. The minimum atomic E-state index is -4.28. The number of halogens is 3. The number of nitrogens with zero attached hydrogens (tertiary/aromatic N) is 3. The third-order valence-corrected chi connectivity index (χ3v) is 3.70. The van der Waals surface area contributed by atoms with Gasteiger partial charge >= 0.3 is 6.18 Å². The van der Waals surface area contributed by atoms with Crippen LogP contribution < -0.4 is 4.74 Å². The number of hydrogen-bond donors (Lipinski definition) is 0. The van der Waals surface area contributed by atoms with E-state index in [0.717, 1.165) is 6.92 Å². The van der Waals surface area contributed by atoms with Crippen LogP contribution >= 0.6 is 11.8 Å². The summed E-state index contributed by atoms with van der Waals surface area (Å²) in [7, 11) is 1.52. The minimum Gasteiger partial charge on any atom is -0.497 e. The maximum Gasteiger partial charge on any atom is 0.400 e. The number of hydrogen-bond acceptors (Lipinski definition) is 4. The smallest absolute Gasteiger partial charge is 0.400 e. The zero-order valence-electron chi connectivity index (χ0n) is 10.8. The van der Waals surface area contributed by atoms with Gasteiger partial charge in [-0.3, -0.25) is 4.57 Å². The van der Waals surface area contributed by atoms with E-state index in [1.807, 2.05) is 0 Å². The largest absolute Gasteiger partial charge is 0.497 e. The molecular weight excluding hydrogens is 291 g/mol. The number of methoxy groups -OCH3 is 1. The molecule has 0 amide bonds. The van der Waals surface area contributed by atoms with Gasteiger partial charge in [0.25, 0.3) is 0 Å². The van der Waals surface area contributed by atoms with Gasteiger partial charge in [0.2, 0.25) is 0 Å². The monoisotopic (exact) mass is 303 g/mol. The van der Waals surface area contributed by atoms with Crippen molar-refractivity contribution in [1.82, 2.24) is 14.8 Å². The van der Waals surface area contributed by atoms with Gasteiger partial charge in [-0.05, 0) is 19.1 Å². The Labute approximate surface area is 118 Å². The first-order chi connectivity index (χ1) is 9.41. The number of aromatic nitrogens is 3. The van der Waals surface area contributed by atoms with Gasteiger partial charge < -0.3 is 4.74 Å². The average Bonchev–Trinajstić information content (AvgIpc) is 2.86. The van der Waals surface area contributed by atoms with Crippen LogP contribution in [0.2, 0.25) is 0 Å². The van der Waals surface area contributed by atoms with Crippen molar-refractivity contribution < 1.29 is 17.9 Å². The Hall–Kier alpha value is -1.70. The first-order valence-corrected chi connectivity index (χ1v) is 6.57. The van der Waals surface area contributed by atoms with Gasteiger partial charge in [-0.2, -0.15) is 13.2 Å². The third-order valence-electron chi connectivity index (χ3n) is 2.59. The van der Waals surface area contributed by atoms with E-state index < -0.39 is 11.4 Å². The van der Waals surface area contributed by atoms with E-state index in [1.165, 1.54) is 18.0 Å². The first kappa shape index (κ1) is 14.7. The fraction of sp³-hybridized carbons (Fsp3) is 0.333. The Morgan fingerprint density at radius 2 is 2.10 bits per heavy atom. The van der Waals surface area contributed by atoms with Crippen molar-refractivity contribution in [1.29, 1.82) is 0 Å². The van der Waals surface area contributed by atoms with Crippen molar-refractivity contribution in [3.05, 3.63) is 30.6 Å². The summed E-state index contributed by atoms with van der Waals surface area (Å²) in [5, 5.41) is 6.03. The van der Waals surface area contributed by atoms with Crippen molar-refractivity contribution in [3.8, 4) is 11.4 Å². The van der Waals surface area contributed by atoms with Crippen molar-refractivity contribution >= 4 is 11.8 Å². The summed E-state index contributed by atoms with van der Waals surface area (Å²) in [6.45, 7) is 1.09. The van der Waals surface area contributed by atoms with Crippen LogP contribution in [0.3, 0.4) is 0 Å². The Morgan fingerprint density at radius 3 is 2.75 bits per heavy atom. The highest BCUT2D eigenvalue weighted by Gasteiger charge is 2.37. The van der Waals surface area contributed by atoms with Gasteiger partial charge in [0, 0.05) is 6.07 Å². The lowest BCUT2D eigenvalue weighted by atomic mass is 10.3. The number of thioether (sulfide) groups is 1. The molecule has 8 heteroatoms. The van der Waals surface area contributed by atoms with Crippen molar-refractivity contribution in [2.75, 3.05) is 7.11 Å². The molecule has 0 spiro atoms. The van der Waals surface area contributed by atoms with Crippen LogP contribution in [0.15, 0.2) is 35.7 Å². The van der Waals surface area contributed by atoms with Gasteiger partial charge in [0.1, 0.15) is 17.3 Å². The second-order valence-electron chi connectivity index (χ2n) is 3.99. The van der Waals surface area contributed by atoms with E-state index in [1.54, 1.807) is 24.3 Å². The number of benzene rings is 1. The molecule has 0 aliphatic rings. The standard InChI is InChI=1S/C12H12F3N3OS/c1-8(12(13,14)15)20-11-17-16-7-18(11)9-4-3-5-10(6-9)19-2/h3-8H,1-2H3/t8-/m1/s1. The summed E-state index contributed by atoms with van der Waals surface area (Å²) in [4.78, 5) is 0. The molecule has 0 aliphatic heterocycles. The SMILES string of the molecule is COc1cccc(-n2cnnc2S[C@H](C)C(F)(F)F)c1. The van der Waals surface area contributed by atoms with Gasteiger partial charge in [-0.1, -0.05) is 17.8 Å². The summed E-state index contributed by atoms with van der Waals surface area (Å²) in [5.41, 5.74) is 0.645. The van der Waals surface area contributed by atoms with Crippen LogP contribution in [0.5, 0.6) is 5.75 Å². The lowest BCUT2D eigenvalue weighted by molar-refractivity contribution is -0.125. The Morgan fingerprint density at radius 1 is 1.35 bits per heavy atom. The third kappa shape index (κ3) is 3.24. The maximum absolute atomic E-state index is 12.6. The number of alkyl halides is 3. The molecule has 0 bridgehead atoms. The zero-order chi connectivity index (χ0) is 14.8. The van der Waals surface area contributed by atoms with Crippen LogP contribution in [0.4, 0.5) is 13.2 Å². The molecule has 2 aromatic rings. The fourth-order valence-corrected chi connectivity index (χ4v) is 2.28. The predicted molar refractivity (Wildman–Crippen MR) is 69.3 cm³/mol. The van der Waals surface area contributed by atoms with E-state index in [9.17, 15) is 13.2 Å². The van der Waals surface area contributed by atoms with Crippen molar-refractivity contribution in [2.45, 2.75) is 23.5 Å². The summed E-state index contributed by atoms with van der Waals surface area (Å²) in [6, 6.07) is 6.94. The maximum atomic E-state index is 12.6. The second kappa shape index (κ2) is 5.74. The normalized spacial score (nSPS) is 13.2. The molecule has 2 rings (SSSR count). The molecule has 20 heavy (non-hydrogen) atoms. The molecule has 1 atom stereocenters. The predicted octanol–water partition coefficient (Wildman–Crippen LogP) is 3.32. The minimum absolute atomic E-state index is 0.183. The molecular formula is C12H12F3N3OS. The molecule has 1 aromatic carbocycles. The molecule has 0 fully saturated rings. The lowest BCUT2D eigenvalue weighted by Crippen LogP contribution is -2.22. The van der Waals surface area contributed by atoms with Gasteiger partial charge in [-0.25, -0.2) is 0 Å². The summed E-state index contributed by atoms with van der Waals surface area (Å²) >= 11 is 0.616.